The van der Waals surface area contributed by atoms with Gasteiger partial charge in [0.25, 0.3) is 0 Å². The van der Waals surface area contributed by atoms with Crippen LogP contribution >= 0.6 is 0 Å². The van der Waals surface area contributed by atoms with Crippen LogP contribution in [-0.2, 0) is 4.74 Å². The van der Waals surface area contributed by atoms with Crippen molar-refractivity contribution in [2.24, 2.45) is 35.0 Å². The van der Waals surface area contributed by atoms with E-state index in [4.69, 9.17) is 4.74 Å². The van der Waals surface area contributed by atoms with E-state index in [1.165, 1.54) is 56.1 Å². The molecule has 7 atom stereocenters. The quantitative estimate of drug-likeness (QED) is 0.487. The van der Waals surface area contributed by atoms with E-state index in [1.807, 2.05) is 13.8 Å². The lowest BCUT2D eigenvalue weighted by Crippen LogP contribution is -2.45. The maximum absolute atomic E-state index is 10.3. The van der Waals surface area contributed by atoms with Crippen LogP contribution in [0.5, 0.6) is 0 Å². The zero-order valence-corrected chi connectivity index (χ0v) is 21.7. The number of fused-ring (bicyclic) bond motifs is 1. The predicted octanol–water partition coefficient (Wildman–Crippen LogP) is 7.63. The molecule has 3 aliphatic carbocycles. The van der Waals surface area contributed by atoms with Gasteiger partial charge >= 0.3 is 0 Å². The molecule has 0 amide bonds. The third-order valence-corrected chi connectivity index (χ3v) is 9.66. The van der Waals surface area contributed by atoms with Crippen molar-refractivity contribution in [1.82, 2.24) is 0 Å². The molecule has 2 nitrogen and oxygen atoms in total. The summed E-state index contributed by atoms with van der Waals surface area (Å²) in [6.45, 7) is 18.8. The molecule has 0 aromatic carbocycles. The fourth-order valence-electron chi connectivity index (χ4n) is 8.36. The molecule has 0 unspecified atom stereocenters. The van der Waals surface area contributed by atoms with Gasteiger partial charge in [-0.3, -0.25) is 0 Å². The van der Waals surface area contributed by atoms with Gasteiger partial charge in [-0.1, -0.05) is 45.1 Å². The summed E-state index contributed by atoms with van der Waals surface area (Å²) in [6, 6.07) is 0. The number of hydrogen-bond acceptors (Lipinski definition) is 2. The third-order valence-electron chi connectivity index (χ3n) is 9.66. The SMILES string of the molecule is C=C1/C(=C\C=C2/CCC[C@@]3(C)[C@H]2CC[C@@H]3[C@]2(C)C[C@H](CC(C)(C)O)CO2)C[C@@H](C)C[C@@H]1C. The van der Waals surface area contributed by atoms with Crippen molar-refractivity contribution in [2.45, 2.75) is 111 Å². The Labute approximate surface area is 197 Å². The summed E-state index contributed by atoms with van der Waals surface area (Å²) in [7, 11) is 0. The molecule has 4 rings (SSSR count). The first kappa shape index (κ1) is 24.3. The van der Waals surface area contributed by atoms with Crippen LogP contribution in [0.25, 0.3) is 0 Å². The number of hydrogen-bond donors (Lipinski definition) is 1. The van der Waals surface area contributed by atoms with Gasteiger partial charge in [0.05, 0.1) is 17.8 Å². The van der Waals surface area contributed by atoms with Crippen LogP contribution in [-0.4, -0.2) is 22.9 Å². The minimum Gasteiger partial charge on any atom is -0.390 e. The van der Waals surface area contributed by atoms with Gasteiger partial charge < -0.3 is 9.84 Å². The Hall–Kier alpha value is -0.860. The number of ether oxygens (including phenoxy) is 1. The second kappa shape index (κ2) is 8.73. The van der Waals surface area contributed by atoms with Gasteiger partial charge in [0.1, 0.15) is 0 Å². The Morgan fingerprint density at radius 1 is 1.19 bits per heavy atom. The summed E-state index contributed by atoms with van der Waals surface area (Å²) in [4.78, 5) is 0. The molecule has 180 valence electrons. The fraction of sp³-hybridized carbons (Fsp3) is 0.800. The maximum Gasteiger partial charge on any atom is 0.0691 e. The zero-order chi connectivity index (χ0) is 23.3. The summed E-state index contributed by atoms with van der Waals surface area (Å²) >= 11 is 0. The fourth-order valence-corrected chi connectivity index (χ4v) is 8.36. The molecule has 0 spiro atoms. The van der Waals surface area contributed by atoms with Crippen molar-refractivity contribution < 1.29 is 9.84 Å². The average molecular weight is 441 g/mol. The lowest BCUT2D eigenvalue weighted by molar-refractivity contribution is -0.0753. The van der Waals surface area contributed by atoms with Gasteiger partial charge in [-0.05, 0) is 125 Å². The lowest BCUT2D eigenvalue weighted by Gasteiger charge is -2.47. The average Bonchev–Trinajstić information content (AvgIpc) is 3.22. The van der Waals surface area contributed by atoms with Crippen LogP contribution in [0.2, 0.25) is 0 Å². The molecular formula is C30H48O2. The van der Waals surface area contributed by atoms with E-state index in [2.05, 4.69) is 46.4 Å². The van der Waals surface area contributed by atoms with E-state index >= 15 is 0 Å². The summed E-state index contributed by atoms with van der Waals surface area (Å²) < 4.78 is 6.57. The maximum atomic E-state index is 10.3. The van der Waals surface area contributed by atoms with Crippen molar-refractivity contribution in [3.05, 3.63) is 35.5 Å². The first-order valence-corrected chi connectivity index (χ1v) is 13.4. The van der Waals surface area contributed by atoms with Crippen molar-refractivity contribution in [3.63, 3.8) is 0 Å². The van der Waals surface area contributed by atoms with E-state index < -0.39 is 5.60 Å². The van der Waals surface area contributed by atoms with E-state index in [9.17, 15) is 5.11 Å². The molecule has 1 aliphatic heterocycles. The highest BCUT2D eigenvalue weighted by atomic mass is 16.5. The Bertz CT molecular complexity index is 783. The molecule has 2 heteroatoms. The van der Waals surface area contributed by atoms with E-state index in [-0.39, 0.29) is 5.60 Å². The molecule has 32 heavy (non-hydrogen) atoms. The number of aliphatic hydroxyl groups is 1. The second-order valence-electron chi connectivity index (χ2n) is 13.2. The highest BCUT2D eigenvalue weighted by Crippen LogP contribution is 2.62. The molecule has 1 N–H and O–H groups in total. The van der Waals surface area contributed by atoms with Gasteiger partial charge in [0.15, 0.2) is 0 Å². The van der Waals surface area contributed by atoms with Gasteiger partial charge in [-0.15, -0.1) is 0 Å². The summed E-state index contributed by atoms with van der Waals surface area (Å²) in [6.07, 6.45) is 15.8. The molecule has 1 heterocycles. The van der Waals surface area contributed by atoms with Crippen molar-refractivity contribution in [3.8, 4) is 0 Å². The molecule has 0 bridgehead atoms. The minimum atomic E-state index is -0.603. The van der Waals surface area contributed by atoms with Crippen LogP contribution in [0.15, 0.2) is 35.5 Å². The zero-order valence-electron chi connectivity index (χ0n) is 21.7. The summed E-state index contributed by atoms with van der Waals surface area (Å²) in [5.74, 6) is 3.18. The molecule has 3 saturated carbocycles. The third kappa shape index (κ3) is 4.69. The van der Waals surface area contributed by atoms with Gasteiger partial charge in [0, 0.05) is 0 Å². The predicted molar refractivity (Wildman–Crippen MR) is 134 cm³/mol. The first-order chi connectivity index (χ1) is 14.9. The van der Waals surface area contributed by atoms with Gasteiger partial charge in [-0.25, -0.2) is 0 Å². The van der Waals surface area contributed by atoms with E-state index in [0.717, 1.165) is 25.4 Å². The Kier molecular flexibility index (Phi) is 6.62. The summed E-state index contributed by atoms with van der Waals surface area (Å²) in [5, 5.41) is 10.3. The number of allylic oxidation sites excluding steroid dienone is 5. The number of rotatable bonds is 4. The van der Waals surface area contributed by atoms with E-state index in [1.54, 1.807) is 5.57 Å². The highest BCUT2D eigenvalue weighted by Gasteiger charge is 2.57. The molecular weight excluding hydrogens is 392 g/mol. The first-order valence-electron chi connectivity index (χ1n) is 13.4. The smallest absolute Gasteiger partial charge is 0.0691 e. The van der Waals surface area contributed by atoms with Crippen LogP contribution in [0.1, 0.15) is 99.3 Å². The monoisotopic (exact) mass is 440 g/mol. The Morgan fingerprint density at radius 2 is 1.94 bits per heavy atom. The van der Waals surface area contributed by atoms with Gasteiger partial charge in [0.2, 0.25) is 0 Å². The molecule has 0 radical (unpaired) electrons. The molecule has 0 aromatic heterocycles. The molecule has 0 aromatic rings. The standard InChI is InChI=1S/C30H48O2/c1-20-15-21(2)22(3)25(16-20)11-10-24-9-8-14-29(6)26(24)12-13-27(29)30(7)18-23(19-32-30)17-28(4,5)31/h10-11,20-21,23,26-27,31H,3,8-9,12-19H2,1-2,4-7H3/b24-10+,25-11-/t20-,21-,23-,26-,27-,29-,30-/m0/s1. The Morgan fingerprint density at radius 3 is 2.66 bits per heavy atom. The second-order valence-corrected chi connectivity index (χ2v) is 13.2. The van der Waals surface area contributed by atoms with Crippen molar-refractivity contribution in [1.29, 1.82) is 0 Å². The molecule has 4 aliphatic rings. The highest BCUT2D eigenvalue weighted by molar-refractivity contribution is 5.37. The normalized spacial score (nSPS) is 45.6. The van der Waals surface area contributed by atoms with Crippen molar-refractivity contribution >= 4 is 0 Å². The van der Waals surface area contributed by atoms with Crippen molar-refractivity contribution in [2.75, 3.05) is 6.61 Å². The van der Waals surface area contributed by atoms with Crippen LogP contribution in [0.3, 0.4) is 0 Å². The van der Waals surface area contributed by atoms with Gasteiger partial charge in [-0.2, -0.15) is 0 Å². The van der Waals surface area contributed by atoms with E-state index in [0.29, 0.717) is 29.1 Å². The topological polar surface area (TPSA) is 29.5 Å². The summed E-state index contributed by atoms with van der Waals surface area (Å²) in [5.41, 5.74) is 4.24. The molecule has 4 fully saturated rings. The van der Waals surface area contributed by atoms with Crippen LogP contribution in [0, 0.1) is 35.0 Å². The molecule has 1 saturated heterocycles. The van der Waals surface area contributed by atoms with Crippen LogP contribution < -0.4 is 0 Å². The largest absolute Gasteiger partial charge is 0.390 e. The Balaban J connectivity index is 1.52. The minimum absolute atomic E-state index is 0.0388. The van der Waals surface area contributed by atoms with Crippen LogP contribution in [0.4, 0.5) is 0 Å². The lowest BCUT2D eigenvalue weighted by atomic mass is 9.59.